The lowest BCUT2D eigenvalue weighted by Gasteiger charge is -2.10. The van der Waals surface area contributed by atoms with Gasteiger partial charge in [-0.15, -0.1) is 0 Å². The fourth-order valence-electron chi connectivity index (χ4n) is 2.74. The summed E-state index contributed by atoms with van der Waals surface area (Å²) in [6, 6.07) is 19.4. The van der Waals surface area contributed by atoms with Gasteiger partial charge in [0.1, 0.15) is 0 Å². The van der Waals surface area contributed by atoms with E-state index in [1.54, 1.807) is 6.20 Å². The van der Waals surface area contributed by atoms with Gasteiger partial charge in [0.05, 0.1) is 23.3 Å². The number of nitrogens with two attached hydrogens (primary N) is 1. The van der Waals surface area contributed by atoms with E-state index in [4.69, 9.17) is 14.7 Å². The molecule has 0 radical (unpaired) electrons. The van der Waals surface area contributed by atoms with Crippen molar-refractivity contribution in [2.75, 3.05) is 0 Å². The van der Waals surface area contributed by atoms with Crippen LogP contribution in [0.25, 0.3) is 10.9 Å². The number of nitrogens with zero attached hydrogens (tertiary/aromatic N) is 1. The van der Waals surface area contributed by atoms with E-state index in [1.807, 2.05) is 60.7 Å². The zero-order valence-corrected chi connectivity index (χ0v) is 14.6. The minimum Gasteiger partial charge on any atom is -0.460 e. The summed E-state index contributed by atoms with van der Waals surface area (Å²) in [6.45, 7) is 0. The van der Waals surface area contributed by atoms with Crippen molar-refractivity contribution in [3.8, 4) is 0 Å². The Morgan fingerprint density at radius 3 is 2.73 bits per heavy atom. The van der Waals surface area contributed by atoms with E-state index in [1.165, 1.54) is 0 Å². The quantitative estimate of drug-likeness (QED) is 0.693. The van der Waals surface area contributed by atoms with E-state index < -0.39 is 6.10 Å². The average molecular weight is 364 g/mol. The van der Waals surface area contributed by atoms with Crippen molar-refractivity contribution in [1.29, 1.82) is 0 Å². The van der Waals surface area contributed by atoms with Gasteiger partial charge in [0, 0.05) is 17.1 Å². The van der Waals surface area contributed by atoms with Crippen LogP contribution in [0.1, 0.15) is 17.2 Å². The van der Waals surface area contributed by atoms with Gasteiger partial charge >= 0.3 is 0 Å². The Kier molecular flexibility index (Phi) is 4.50. The maximum Gasteiger partial charge on any atom is 0.249 e. The maximum absolute atomic E-state index is 12.7. The summed E-state index contributed by atoms with van der Waals surface area (Å²) in [7, 11) is 0. The summed E-state index contributed by atoms with van der Waals surface area (Å²) in [4.78, 5) is 17.0. The molecule has 26 heavy (non-hydrogen) atoms. The Bertz CT molecular complexity index is 989. The fraction of sp³-hybridized carbons (Fsp3) is 0.100. The average Bonchev–Trinajstić information content (AvgIpc) is 2.97. The molecule has 0 amide bonds. The predicted octanol–water partition coefficient (Wildman–Crippen LogP) is 3.87. The molecule has 1 atom stereocenters. The van der Waals surface area contributed by atoms with Crippen molar-refractivity contribution in [3.63, 3.8) is 0 Å². The first-order chi connectivity index (χ1) is 12.7. The molecule has 0 aliphatic carbocycles. The van der Waals surface area contributed by atoms with Crippen LogP contribution in [0.15, 0.2) is 78.5 Å². The SMILES string of the molecule is NC1=C(OSCc2ccccc2)C(=O)C(c2cnc3ccccc3c2)O1. The van der Waals surface area contributed by atoms with Gasteiger partial charge in [0.15, 0.2) is 6.10 Å². The van der Waals surface area contributed by atoms with Crippen LogP contribution in [-0.2, 0) is 19.5 Å². The van der Waals surface area contributed by atoms with Gasteiger partial charge in [0.2, 0.25) is 17.4 Å². The van der Waals surface area contributed by atoms with Gasteiger partial charge < -0.3 is 14.7 Å². The lowest BCUT2D eigenvalue weighted by molar-refractivity contribution is -0.122. The minimum atomic E-state index is -0.820. The summed E-state index contributed by atoms with van der Waals surface area (Å²) in [6.07, 6.45) is 0.817. The van der Waals surface area contributed by atoms with Crippen molar-refractivity contribution in [3.05, 3.63) is 89.6 Å². The van der Waals surface area contributed by atoms with Crippen LogP contribution in [-0.4, -0.2) is 10.8 Å². The first kappa shape index (κ1) is 16.5. The van der Waals surface area contributed by atoms with Gasteiger partial charge in [0.25, 0.3) is 0 Å². The second-order valence-electron chi connectivity index (χ2n) is 5.85. The summed E-state index contributed by atoms with van der Waals surface area (Å²) in [5.74, 6) is 0.380. The molecule has 0 bridgehead atoms. The number of para-hydroxylation sites is 1. The first-order valence-corrected chi connectivity index (χ1v) is 9.02. The first-order valence-electron chi connectivity index (χ1n) is 8.11. The van der Waals surface area contributed by atoms with Gasteiger partial charge in [-0.25, -0.2) is 0 Å². The third kappa shape index (κ3) is 3.23. The lowest BCUT2D eigenvalue weighted by Crippen LogP contribution is -2.10. The van der Waals surface area contributed by atoms with E-state index in [9.17, 15) is 4.79 Å². The number of hydrogen-bond acceptors (Lipinski definition) is 6. The number of carbonyl (C=O) groups is 1. The number of Topliss-reactive ketones (excluding diaryl/α,β-unsaturated/α-hetero) is 1. The maximum atomic E-state index is 12.7. The zero-order valence-electron chi connectivity index (χ0n) is 13.8. The van der Waals surface area contributed by atoms with Gasteiger partial charge in [-0.2, -0.15) is 0 Å². The van der Waals surface area contributed by atoms with Crippen molar-refractivity contribution in [2.24, 2.45) is 5.73 Å². The highest BCUT2D eigenvalue weighted by atomic mass is 32.2. The molecular formula is C20H16N2O3S. The molecule has 130 valence electrons. The molecule has 6 heteroatoms. The Hall–Kier alpha value is -2.99. The molecule has 4 rings (SSSR count). The van der Waals surface area contributed by atoms with Crippen molar-refractivity contribution >= 4 is 28.7 Å². The number of ketones is 1. The molecule has 2 N–H and O–H groups in total. The number of rotatable bonds is 5. The third-order valence-electron chi connectivity index (χ3n) is 4.06. The smallest absolute Gasteiger partial charge is 0.249 e. The highest BCUT2D eigenvalue weighted by Crippen LogP contribution is 2.34. The van der Waals surface area contributed by atoms with E-state index in [-0.39, 0.29) is 17.4 Å². The van der Waals surface area contributed by atoms with Gasteiger partial charge in [-0.3, -0.25) is 9.78 Å². The molecule has 1 aliphatic rings. The van der Waals surface area contributed by atoms with E-state index in [0.717, 1.165) is 28.5 Å². The number of hydrogen-bond donors (Lipinski definition) is 1. The minimum absolute atomic E-state index is 0.00807. The van der Waals surface area contributed by atoms with E-state index in [2.05, 4.69) is 4.98 Å². The van der Waals surface area contributed by atoms with Crippen molar-refractivity contribution in [2.45, 2.75) is 11.9 Å². The van der Waals surface area contributed by atoms with Crippen LogP contribution < -0.4 is 5.73 Å². The van der Waals surface area contributed by atoms with E-state index >= 15 is 0 Å². The Morgan fingerprint density at radius 2 is 1.88 bits per heavy atom. The number of pyridine rings is 1. The molecule has 0 saturated heterocycles. The van der Waals surface area contributed by atoms with Crippen LogP contribution in [0.2, 0.25) is 0 Å². The summed E-state index contributed by atoms with van der Waals surface area (Å²) < 4.78 is 11.1. The summed E-state index contributed by atoms with van der Waals surface area (Å²) >= 11 is 1.16. The number of ether oxygens (including phenoxy) is 1. The molecule has 0 spiro atoms. The zero-order chi connectivity index (χ0) is 17.9. The van der Waals surface area contributed by atoms with Crippen LogP contribution in [0.3, 0.4) is 0 Å². The number of fused-ring (bicyclic) bond motifs is 1. The van der Waals surface area contributed by atoms with Crippen LogP contribution in [0.5, 0.6) is 0 Å². The molecule has 3 aromatic rings. The van der Waals surface area contributed by atoms with Crippen LogP contribution >= 0.6 is 12.0 Å². The largest absolute Gasteiger partial charge is 0.460 e. The number of carbonyl (C=O) groups excluding carboxylic acids is 1. The molecule has 1 aromatic heterocycles. The molecule has 1 unspecified atom stereocenters. The molecule has 0 saturated carbocycles. The molecule has 0 fully saturated rings. The predicted molar refractivity (Wildman–Crippen MR) is 101 cm³/mol. The van der Waals surface area contributed by atoms with Gasteiger partial charge in [-0.05, 0) is 17.7 Å². The second-order valence-corrected chi connectivity index (χ2v) is 6.54. The van der Waals surface area contributed by atoms with E-state index in [0.29, 0.717) is 11.3 Å². The standard InChI is InChI=1S/C20H16N2O3S/c21-20-19(25-26-12-13-6-2-1-3-7-13)17(23)18(24-20)15-10-14-8-4-5-9-16(14)22-11-15/h1-11,18H,12,21H2. The fourth-order valence-corrected chi connectivity index (χ4v) is 3.41. The van der Waals surface area contributed by atoms with Crippen LogP contribution in [0, 0.1) is 0 Å². The Balaban J connectivity index is 1.46. The molecule has 1 aliphatic heterocycles. The molecule has 5 nitrogen and oxygen atoms in total. The summed E-state index contributed by atoms with van der Waals surface area (Å²) in [5.41, 5.74) is 8.48. The Labute approximate surface area is 155 Å². The van der Waals surface area contributed by atoms with Crippen molar-refractivity contribution in [1.82, 2.24) is 4.98 Å². The monoisotopic (exact) mass is 364 g/mol. The van der Waals surface area contributed by atoms with Crippen LogP contribution in [0.4, 0.5) is 0 Å². The number of aromatic nitrogens is 1. The second kappa shape index (κ2) is 7.09. The van der Waals surface area contributed by atoms with Gasteiger partial charge in [-0.1, -0.05) is 48.5 Å². The third-order valence-corrected chi connectivity index (χ3v) is 4.79. The summed E-state index contributed by atoms with van der Waals surface area (Å²) in [5, 5.41) is 0.938. The molecular weight excluding hydrogens is 348 g/mol. The molecule has 2 aromatic carbocycles. The van der Waals surface area contributed by atoms with Crippen molar-refractivity contribution < 1.29 is 13.7 Å². The lowest BCUT2D eigenvalue weighted by atomic mass is 10.1. The normalized spacial score (nSPS) is 16.8. The highest BCUT2D eigenvalue weighted by Gasteiger charge is 2.37. The Morgan fingerprint density at radius 1 is 1.12 bits per heavy atom. The topological polar surface area (TPSA) is 74.4 Å². The number of benzene rings is 2. The highest BCUT2D eigenvalue weighted by molar-refractivity contribution is 7.94. The molecule has 2 heterocycles.